The Morgan fingerprint density at radius 3 is 1.45 bits per heavy atom. The number of nitrogens with zero attached hydrogens (tertiary/aromatic N) is 15. The van der Waals surface area contributed by atoms with Gasteiger partial charge >= 0.3 is 0 Å². The lowest BCUT2D eigenvalue weighted by atomic mass is 9.85. The number of carbonyl (C=O) groups is 4. The van der Waals surface area contributed by atoms with Crippen molar-refractivity contribution in [3.05, 3.63) is 191 Å². The van der Waals surface area contributed by atoms with Crippen LogP contribution in [-0.2, 0) is 34.2 Å². The highest BCUT2D eigenvalue weighted by Crippen LogP contribution is 2.39. The van der Waals surface area contributed by atoms with Gasteiger partial charge in [0.25, 0.3) is 23.6 Å². The molecule has 4 amide bonds. The normalized spacial score (nSPS) is 19.5. The Kier molecular flexibility index (Phi) is 26.6. The number of hydrogen-bond acceptors (Lipinski definition) is 19. The summed E-state index contributed by atoms with van der Waals surface area (Å²) in [7, 11) is 9.83. The molecule has 20 rings (SSSR count). The largest absolute Gasteiger partial charge is 0.490 e. The van der Waals surface area contributed by atoms with E-state index in [9.17, 15) is 36.7 Å². The molecule has 0 atom stereocenters. The molecule has 12 heterocycles. The number of benzene rings is 6. The Labute approximate surface area is 752 Å². The zero-order chi connectivity index (χ0) is 90.6. The van der Waals surface area contributed by atoms with E-state index in [0.717, 1.165) is 151 Å². The summed E-state index contributed by atoms with van der Waals surface area (Å²) in [6.07, 6.45) is 20.8. The van der Waals surface area contributed by atoms with Crippen molar-refractivity contribution in [2.75, 3.05) is 82.4 Å². The predicted molar refractivity (Wildman–Crippen MR) is 494 cm³/mol. The quantitative estimate of drug-likeness (QED) is 0.0320. The van der Waals surface area contributed by atoms with E-state index in [-0.39, 0.29) is 69.9 Å². The van der Waals surface area contributed by atoms with Crippen molar-refractivity contribution in [1.82, 2.24) is 105 Å². The summed E-state index contributed by atoms with van der Waals surface area (Å²) in [4.78, 5) is 66.5. The number of aromatic amines is 4. The molecule has 4 aliphatic heterocycles. The zero-order valence-corrected chi connectivity index (χ0v) is 75.1. The van der Waals surface area contributed by atoms with Crippen molar-refractivity contribution in [3.63, 3.8) is 0 Å². The van der Waals surface area contributed by atoms with E-state index in [4.69, 9.17) is 4.74 Å². The Morgan fingerprint density at radius 2 is 0.954 bits per heavy atom. The average Bonchev–Trinajstić information content (AvgIpc) is 1.71. The molecule has 0 bridgehead atoms. The summed E-state index contributed by atoms with van der Waals surface area (Å²) >= 11 is 1.63. The fourth-order valence-corrected chi connectivity index (χ4v) is 18.7. The van der Waals surface area contributed by atoms with Crippen LogP contribution in [0.3, 0.4) is 0 Å². The van der Waals surface area contributed by atoms with Crippen LogP contribution in [0.25, 0.3) is 87.4 Å². The lowest BCUT2D eigenvalue weighted by Gasteiger charge is -2.31. The molecule has 14 aromatic rings. The molecule has 2 saturated carbocycles. The zero-order valence-electron chi connectivity index (χ0n) is 74.2. The van der Waals surface area contributed by atoms with Crippen LogP contribution in [0, 0.1) is 24.4 Å². The minimum Gasteiger partial charge on any atom is -0.490 e. The molecule has 0 radical (unpaired) electrons. The number of nitrogens with one attached hydrogen (secondary N) is 9. The van der Waals surface area contributed by atoms with Crippen LogP contribution in [0.1, 0.15) is 169 Å². The third kappa shape index (κ3) is 20.8. The molecule has 4 saturated heterocycles. The first kappa shape index (κ1) is 89.4. The molecule has 29 nitrogen and oxygen atoms in total. The molecule has 6 aromatic carbocycles. The first-order chi connectivity index (χ1) is 62.6. The molecule has 2 aliphatic carbocycles. The van der Waals surface area contributed by atoms with Gasteiger partial charge in [-0.15, -0.1) is 11.3 Å². The van der Waals surface area contributed by atoms with Gasteiger partial charge < -0.3 is 41.1 Å². The number of alkyl halides is 2. The number of rotatable bonds is 20. The number of ether oxygens (including phenoxy) is 1. The van der Waals surface area contributed by atoms with Gasteiger partial charge in [-0.05, 0) is 278 Å². The second kappa shape index (κ2) is 38.6. The number of aryl methyl sites for hydroxylation is 4. The van der Waals surface area contributed by atoms with Crippen molar-refractivity contribution in [2.45, 2.75) is 166 Å². The fraction of sp³-hybridized carbons (Fsp3) is 0.411. The summed E-state index contributed by atoms with van der Waals surface area (Å²) in [5.74, 6) is -1.85. The molecule has 6 fully saturated rings. The number of halogens is 5. The number of fused-ring (bicyclic) bond motifs is 4. The minimum atomic E-state index is -1.17. The fourth-order valence-electron chi connectivity index (χ4n) is 17.9. The van der Waals surface area contributed by atoms with Gasteiger partial charge in [0.1, 0.15) is 51.4 Å². The maximum absolute atomic E-state index is 15.0. The summed E-state index contributed by atoms with van der Waals surface area (Å²) in [5.41, 5.74) is 9.74. The first-order valence-electron chi connectivity index (χ1n) is 44.7. The predicted octanol–water partition coefficient (Wildman–Crippen LogP) is 16.4. The van der Waals surface area contributed by atoms with E-state index < -0.39 is 28.8 Å². The smallest absolute Gasteiger partial charge is 0.276 e. The third-order valence-electron chi connectivity index (χ3n) is 25.9. The Morgan fingerprint density at radius 1 is 0.469 bits per heavy atom. The summed E-state index contributed by atoms with van der Waals surface area (Å²) in [6.45, 7) is 15.2. The second-order valence-corrected chi connectivity index (χ2v) is 37.1. The Balaban J connectivity index is 0.000000121. The van der Waals surface area contributed by atoms with Crippen LogP contribution in [0.15, 0.2) is 134 Å². The molecule has 9 N–H and O–H groups in total. The van der Waals surface area contributed by atoms with Crippen LogP contribution in [0.2, 0.25) is 0 Å². The number of hydrogen-bond donors (Lipinski definition) is 9. The van der Waals surface area contributed by atoms with Gasteiger partial charge in [0.15, 0.2) is 23.0 Å². The number of carbonyl (C=O) groups excluding carboxylic acids is 4. The summed E-state index contributed by atoms with van der Waals surface area (Å²) < 4.78 is 84.1. The number of thiazole rings is 1. The van der Waals surface area contributed by atoms with Gasteiger partial charge in [-0.25, -0.2) is 26.9 Å². The maximum atomic E-state index is 15.0. The number of aromatic nitrogens is 15. The molecule has 0 unspecified atom stereocenters. The van der Waals surface area contributed by atoms with Crippen LogP contribution >= 0.6 is 11.3 Å². The first-order valence-corrected chi connectivity index (χ1v) is 45.5. The highest BCUT2D eigenvalue weighted by molar-refractivity contribution is 7.15. The van der Waals surface area contributed by atoms with Crippen LogP contribution < -0.4 is 31.3 Å². The summed E-state index contributed by atoms with van der Waals surface area (Å²) in [5, 5.41) is 59.0. The van der Waals surface area contributed by atoms with Crippen molar-refractivity contribution in [2.24, 2.45) is 21.1 Å². The van der Waals surface area contributed by atoms with Gasteiger partial charge in [-0.1, -0.05) is 6.07 Å². The number of anilines is 3. The van der Waals surface area contributed by atoms with E-state index >= 15 is 4.39 Å². The van der Waals surface area contributed by atoms with E-state index in [1.165, 1.54) is 37.5 Å². The molecule has 680 valence electrons. The lowest BCUT2D eigenvalue weighted by Crippen LogP contribution is -2.40. The van der Waals surface area contributed by atoms with Crippen molar-refractivity contribution in [3.8, 4) is 49.6 Å². The van der Waals surface area contributed by atoms with Crippen molar-refractivity contribution in [1.29, 1.82) is 0 Å². The van der Waals surface area contributed by atoms with Gasteiger partial charge in [0, 0.05) is 145 Å². The van der Waals surface area contributed by atoms with E-state index in [1.807, 2.05) is 103 Å². The number of H-pyrrole nitrogens is 4. The van der Waals surface area contributed by atoms with Crippen molar-refractivity contribution < 1.29 is 45.9 Å². The Hall–Kier alpha value is -12.6. The van der Waals surface area contributed by atoms with E-state index in [0.29, 0.717) is 118 Å². The van der Waals surface area contributed by atoms with Gasteiger partial charge in [-0.2, -0.15) is 35.7 Å². The molecular weight excluding hydrogens is 1680 g/mol. The highest BCUT2D eigenvalue weighted by Gasteiger charge is 2.35. The molecule has 35 heteroatoms. The monoisotopic (exact) mass is 1790 g/mol. The van der Waals surface area contributed by atoms with Crippen LogP contribution in [0.4, 0.5) is 39.0 Å². The second-order valence-electron chi connectivity index (χ2n) is 35.9. The molecule has 130 heavy (non-hydrogen) atoms. The average molecular weight is 1790 g/mol. The lowest BCUT2D eigenvalue weighted by molar-refractivity contribution is 0.0844. The number of likely N-dealkylation sites (tertiary alicyclic amines) is 4. The van der Waals surface area contributed by atoms with Gasteiger partial charge in [0.05, 0.1) is 50.9 Å². The van der Waals surface area contributed by atoms with Crippen LogP contribution in [-0.4, -0.2) is 220 Å². The number of amides is 4. The highest BCUT2D eigenvalue weighted by atomic mass is 32.1. The van der Waals surface area contributed by atoms with E-state index in [2.05, 4.69) is 121 Å². The molecule has 6 aliphatic rings. The maximum Gasteiger partial charge on any atom is 0.276 e. The van der Waals surface area contributed by atoms with Gasteiger partial charge in [-0.3, -0.25) is 63.4 Å². The molecular formula is C95H109F5N24O5S. The van der Waals surface area contributed by atoms with Crippen molar-refractivity contribution >= 4 is 95.6 Å². The van der Waals surface area contributed by atoms with E-state index in [1.54, 1.807) is 79.9 Å². The SMILES string of the molecule is CN1CCC(Nc2ccc(NC(=O)c3n[nH]c4cc(F)c(-c5cnn(C)c5)cc34)cc2)CC1.Cc1ncc(-c2ccc3[nH]nc(C(=O)Nc4ccc(OC5CCN(C)CC5)cc4)c3c2)s1.Cn1ncc(-c2cc(F)c3n[nH]c(C(=O)NC4CCC(C)(F)CC4)c3c2)c1CN1CCC1.Cn1ncc(-c2cc(F)c3n[nH]c(C(=O)NC4CCC(C)(F)CC4)c3c2)c1CN1CCCC1. The summed E-state index contributed by atoms with van der Waals surface area (Å²) in [6, 6.07) is 30.9. The molecule has 8 aromatic heterocycles. The van der Waals surface area contributed by atoms with Gasteiger partial charge in [0.2, 0.25) is 0 Å². The topological polar surface area (TPSA) is 332 Å². The van der Waals surface area contributed by atoms with Crippen LogP contribution in [0.5, 0.6) is 5.75 Å². The minimum absolute atomic E-state index is 0.0980. The Bertz CT molecular complexity index is 6380. The number of piperidine rings is 2. The molecule has 0 spiro atoms. The third-order valence-corrected chi connectivity index (χ3v) is 26.9. The standard InChI is InChI=1S/C24H30F2N6O.C24H26FN7O.C24H25N5O2S.C23H28F2N6O/c1-24(26)7-5-16(6-8-24)28-23(33)22-17-11-15(12-19(25)21(17)29-30-22)18-13-27-31(2)20(18)14-32-9-3-4-10-32;1-31-9-7-18(8-10-31)27-16-3-5-17(6-4-16)28-24(33)23-20-11-19(15-13-26-32(2)14-15)21(25)12-22(20)29-30-23;1-15-25-14-22(32-15)16-3-8-21-20(13-16)23(28-27-21)24(30)26-17-4-6-18(7-5-17)31-19-9-11-29(2)12-10-19;1-23(25)6-4-15(5-7-23)27-22(32)21-16-10-14(11-18(24)20(16)28-29-21)17-12-26-30(2)19(17)13-31-8-3-9-31/h11-13,16H,3-10,14H2,1-2H3,(H,28,33)(H,29,30);3-6,11-14,18,27H,7-10H2,1-2H3,(H,28,33)(H,29,30);3-8,13-14,19H,9-12H2,1-2H3,(H,26,30)(H,27,28);10-12,15H,3-9,13H2,1-2H3,(H,27,32)(H,28,29).